The van der Waals surface area contributed by atoms with Crippen LogP contribution in [0.4, 0.5) is 13.2 Å². The van der Waals surface area contributed by atoms with Crippen molar-refractivity contribution in [3.8, 4) is 10.6 Å². The van der Waals surface area contributed by atoms with Crippen LogP contribution >= 0.6 is 11.3 Å². The molecule has 0 saturated carbocycles. The quantitative estimate of drug-likeness (QED) is 0.624. The number of rotatable bonds is 5. The van der Waals surface area contributed by atoms with E-state index in [9.17, 15) is 27.9 Å². The maximum atomic E-state index is 12.7. The van der Waals surface area contributed by atoms with E-state index >= 15 is 0 Å². The van der Waals surface area contributed by atoms with Gasteiger partial charge in [0.25, 0.3) is 5.91 Å². The fraction of sp³-hybridized carbons (Fsp3) is 0.211. The van der Waals surface area contributed by atoms with Gasteiger partial charge in [0.2, 0.25) is 5.82 Å². The van der Waals surface area contributed by atoms with Crippen LogP contribution < -0.4 is 5.32 Å². The third-order valence-electron chi connectivity index (χ3n) is 4.08. The third kappa shape index (κ3) is 4.79. The maximum Gasteiger partial charge on any atom is 0.451 e. The summed E-state index contributed by atoms with van der Waals surface area (Å²) in [4.78, 5) is 35.8. The van der Waals surface area contributed by atoms with Crippen molar-refractivity contribution >= 4 is 23.2 Å². The van der Waals surface area contributed by atoms with Crippen LogP contribution in [0.15, 0.2) is 36.8 Å². The number of halogens is 3. The lowest BCUT2D eigenvalue weighted by Gasteiger charge is -2.15. The topological polar surface area (TPSA) is 105 Å². The van der Waals surface area contributed by atoms with Crippen molar-refractivity contribution in [3.05, 3.63) is 64.2 Å². The number of aromatic nitrogens is 3. The van der Waals surface area contributed by atoms with Crippen molar-refractivity contribution in [2.24, 2.45) is 0 Å². The van der Waals surface area contributed by atoms with E-state index in [1.807, 2.05) is 6.92 Å². The van der Waals surface area contributed by atoms with Crippen molar-refractivity contribution in [2.45, 2.75) is 26.1 Å². The number of benzene rings is 1. The van der Waals surface area contributed by atoms with Crippen LogP contribution in [-0.4, -0.2) is 31.9 Å². The Labute approximate surface area is 172 Å². The fourth-order valence-electron chi connectivity index (χ4n) is 2.57. The third-order valence-corrected chi connectivity index (χ3v) is 5.05. The Balaban J connectivity index is 1.85. The predicted octanol–water partition coefficient (Wildman–Crippen LogP) is 4.12. The normalized spacial score (nSPS) is 12.4. The second-order valence-corrected chi connectivity index (χ2v) is 7.65. The van der Waals surface area contributed by atoms with Crippen molar-refractivity contribution in [1.29, 1.82) is 0 Å². The molecule has 0 fully saturated rings. The van der Waals surface area contributed by atoms with Crippen LogP contribution in [0.5, 0.6) is 0 Å². The Morgan fingerprint density at radius 1 is 1.07 bits per heavy atom. The van der Waals surface area contributed by atoms with Gasteiger partial charge >= 0.3 is 12.1 Å². The number of amides is 1. The van der Waals surface area contributed by atoms with Gasteiger partial charge in [0.1, 0.15) is 5.01 Å². The number of nitrogens with zero attached hydrogens (tertiary/aromatic N) is 3. The Bertz CT molecular complexity index is 1100. The van der Waals surface area contributed by atoms with Gasteiger partial charge in [-0.3, -0.25) is 4.79 Å². The molecule has 7 nitrogen and oxygen atoms in total. The number of carbonyl (C=O) groups excluding carboxylic acids is 1. The minimum atomic E-state index is -4.66. The van der Waals surface area contributed by atoms with Crippen LogP contribution in [-0.2, 0) is 6.18 Å². The maximum absolute atomic E-state index is 12.7. The second kappa shape index (κ2) is 8.19. The second-order valence-electron chi connectivity index (χ2n) is 6.41. The van der Waals surface area contributed by atoms with Crippen LogP contribution in [0.3, 0.4) is 0 Å². The number of aromatic carboxylic acids is 1. The minimum Gasteiger partial charge on any atom is -0.478 e. The Kier molecular flexibility index (Phi) is 5.83. The molecule has 1 aromatic carbocycles. The SMILES string of the molecule is Cc1cnc(-c2cc(C(=O)O)cc(C(=O)N[C@H](C)c3cnc(C(F)(F)F)nc3)c2)s1. The van der Waals surface area contributed by atoms with Gasteiger partial charge < -0.3 is 10.4 Å². The number of aryl methyl sites for hydroxylation is 1. The van der Waals surface area contributed by atoms with Gasteiger partial charge in [0.05, 0.1) is 11.6 Å². The van der Waals surface area contributed by atoms with Crippen molar-refractivity contribution in [2.75, 3.05) is 0 Å². The van der Waals surface area contributed by atoms with Crippen molar-refractivity contribution in [1.82, 2.24) is 20.3 Å². The first-order valence-electron chi connectivity index (χ1n) is 8.56. The molecule has 2 heterocycles. The molecule has 3 rings (SSSR count). The molecule has 30 heavy (non-hydrogen) atoms. The van der Waals surface area contributed by atoms with Gasteiger partial charge in [-0.15, -0.1) is 11.3 Å². The zero-order valence-electron chi connectivity index (χ0n) is 15.7. The summed E-state index contributed by atoms with van der Waals surface area (Å²) < 4.78 is 37.8. The largest absolute Gasteiger partial charge is 0.478 e. The van der Waals surface area contributed by atoms with Gasteiger partial charge in [-0.05, 0) is 32.0 Å². The molecular formula is C19H15F3N4O3S. The first-order chi connectivity index (χ1) is 14.0. The van der Waals surface area contributed by atoms with Crippen LogP contribution in [0, 0.1) is 6.92 Å². The summed E-state index contributed by atoms with van der Waals surface area (Å²) in [6.07, 6.45) is -1.05. The molecule has 0 aliphatic rings. The van der Waals surface area contributed by atoms with Crippen molar-refractivity contribution in [3.63, 3.8) is 0 Å². The van der Waals surface area contributed by atoms with Gasteiger partial charge in [-0.25, -0.2) is 19.7 Å². The highest BCUT2D eigenvalue weighted by molar-refractivity contribution is 7.14. The monoisotopic (exact) mass is 436 g/mol. The van der Waals surface area contributed by atoms with Gasteiger partial charge in [-0.2, -0.15) is 13.2 Å². The molecule has 0 bridgehead atoms. The van der Waals surface area contributed by atoms with Crippen LogP contribution in [0.2, 0.25) is 0 Å². The van der Waals surface area contributed by atoms with Gasteiger partial charge in [0, 0.05) is 40.2 Å². The number of hydrogen-bond acceptors (Lipinski definition) is 6. The zero-order valence-corrected chi connectivity index (χ0v) is 16.5. The molecule has 0 saturated heterocycles. The van der Waals surface area contributed by atoms with E-state index in [0.29, 0.717) is 10.6 Å². The molecule has 11 heteroatoms. The number of alkyl halides is 3. The van der Waals surface area contributed by atoms with E-state index < -0.39 is 29.9 Å². The molecule has 2 aromatic heterocycles. The minimum absolute atomic E-state index is 0.0810. The van der Waals surface area contributed by atoms with Gasteiger partial charge in [-0.1, -0.05) is 0 Å². The highest BCUT2D eigenvalue weighted by Crippen LogP contribution is 2.28. The lowest BCUT2D eigenvalue weighted by atomic mass is 10.0. The Hall–Kier alpha value is -3.34. The summed E-state index contributed by atoms with van der Waals surface area (Å²) in [5.41, 5.74) is 0.735. The van der Waals surface area contributed by atoms with Crippen molar-refractivity contribution < 1.29 is 27.9 Å². The van der Waals surface area contributed by atoms with E-state index in [0.717, 1.165) is 17.3 Å². The lowest BCUT2D eigenvalue weighted by Crippen LogP contribution is -2.27. The first-order valence-corrected chi connectivity index (χ1v) is 9.37. The average Bonchev–Trinajstić information content (AvgIpc) is 3.13. The Morgan fingerprint density at radius 3 is 2.23 bits per heavy atom. The summed E-state index contributed by atoms with van der Waals surface area (Å²) in [5, 5.41) is 12.5. The van der Waals surface area contributed by atoms with E-state index in [1.54, 1.807) is 13.1 Å². The molecule has 156 valence electrons. The van der Waals surface area contributed by atoms with E-state index in [1.165, 1.54) is 29.5 Å². The first kappa shape index (κ1) is 21.4. The lowest BCUT2D eigenvalue weighted by molar-refractivity contribution is -0.145. The summed E-state index contributed by atoms with van der Waals surface area (Å²) in [7, 11) is 0. The summed E-state index contributed by atoms with van der Waals surface area (Å²) in [6.45, 7) is 3.40. The standard InChI is InChI=1S/C19H15F3N4O3S/c1-9-6-23-16(30-9)12-3-11(4-13(5-12)17(28)29)15(27)26-10(2)14-7-24-18(25-8-14)19(20,21)22/h3-8,10H,1-2H3,(H,26,27)(H,28,29)/t10-/m1/s1. The number of carboxylic acids is 1. The summed E-state index contributed by atoms with van der Waals surface area (Å²) in [5.74, 6) is -3.08. The van der Waals surface area contributed by atoms with Crippen LogP contribution in [0.25, 0.3) is 10.6 Å². The number of thiazole rings is 1. The Morgan fingerprint density at radius 2 is 1.70 bits per heavy atom. The van der Waals surface area contributed by atoms with Gasteiger partial charge in [0.15, 0.2) is 0 Å². The number of hydrogen-bond donors (Lipinski definition) is 2. The zero-order chi connectivity index (χ0) is 22.1. The molecule has 0 aliphatic carbocycles. The molecule has 0 unspecified atom stereocenters. The number of carbonyl (C=O) groups is 2. The highest BCUT2D eigenvalue weighted by Gasteiger charge is 2.34. The van der Waals surface area contributed by atoms with E-state index in [2.05, 4.69) is 20.3 Å². The molecule has 1 atom stereocenters. The highest BCUT2D eigenvalue weighted by atomic mass is 32.1. The molecule has 1 amide bonds. The van der Waals surface area contributed by atoms with Crippen LogP contribution in [0.1, 0.15) is 49.9 Å². The molecule has 3 aromatic rings. The predicted molar refractivity (Wildman–Crippen MR) is 102 cm³/mol. The summed E-state index contributed by atoms with van der Waals surface area (Å²) in [6, 6.07) is 3.44. The molecule has 0 radical (unpaired) electrons. The molecule has 0 aliphatic heterocycles. The number of carboxylic acid groups (broad SMARTS) is 1. The average molecular weight is 436 g/mol. The smallest absolute Gasteiger partial charge is 0.451 e. The van der Waals surface area contributed by atoms with E-state index in [-0.39, 0.29) is 16.7 Å². The molecule has 0 spiro atoms. The molecular weight excluding hydrogens is 421 g/mol. The fourth-order valence-corrected chi connectivity index (χ4v) is 3.32. The molecule has 2 N–H and O–H groups in total. The number of nitrogens with one attached hydrogen (secondary N) is 1. The summed E-state index contributed by atoms with van der Waals surface area (Å²) >= 11 is 1.35. The van der Waals surface area contributed by atoms with E-state index in [4.69, 9.17) is 0 Å².